The summed E-state index contributed by atoms with van der Waals surface area (Å²) < 4.78 is 1.41. The highest BCUT2D eigenvalue weighted by Crippen LogP contribution is 2.27. The normalized spacial score (nSPS) is 13.3. The molecule has 0 aliphatic rings. The Morgan fingerprint density at radius 3 is 2.68 bits per heavy atom. The number of thiophene rings is 1. The van der Waals surface area contributed by atoms with Gasteiger partial charge in [0.15, 0.2) is 0 Å². The Hall–Kier alpha value is -0.860. The smallest absolute Gasteiger partial charge is 0.0345 e. The Morgan fingerprint density at radius 1 is 1.16 bits per heavy atom. The fourth-order valence-electron chi connectivity index (χ4n) is 2.56. The maximum atomic E-state index is 3.65. The van der Waals surface area contributed by atoms with Crippen LogP contribution in [0.2, 0.25) is 0 Å². The van der Waals surface area contributed by atoms with Crippen molar-refractivity contribution in [1.82, 2.24) is 5.32 Å². The van der Waals surface area contributed by atoms with E-state index in [1.165, 1.54) is 28.5 Å². The van der Waals surface area contributed by atoms with Gasteiger partial charge in [0.1, 0.15) is 0 Å². The van der Waals surface area contributed by atoms with Crippen LogP contribution in [-0.2, 0) is 6.42 Å². The van der Waals surface area contributed by atoms with Crippen LogP contribution in [0, 0.1) is 5.92 Å². The van der Waals surface area contributed by atoms with Gasteiger partial charge in [0, 0.05) is 10.7 Å². The quantitative estimate of drug-likeness (QED) is 0.761. The van der Waals surface area contributed by atoms with Crippen LogP contribution in [0.15, 0.2) is 29.6 Å². The average molecular weight is 275 g/mol. The molecule has 1 unspecified atom stereocenters. The Labute approximate surface area is 121 Å². The maximum absolute atomic E-state index is 3.65. The van der Waals surface area contributed by atoms with Gasteiger partial charge in [0.25, 0.3) is 0 Å². The van der Waals surface area contributed by atoms with Crippen LogP contribution in [0.5, 0.6) is 0 Å². The van der Waals surface area contributed by atoms with Gasteiger partial charge in [-0.1, -0.05) is 39.0 Å². The highest BCUT2D eigenvalue weighted by molar-refractivity contribution is 7.17. The van der Waals surface area contributed by atoms with Crippen LogP contribution >= 0.6 is 11.3 Å². The summed E-state index contributed by atoms with van der Waals surface area (Å²) in [5, 5.41) is 7.43. The summed E-state index contributed by atoms with van der Waals surface area (Å²) in [4.78, 5) is 0. The first-order chi connectivity index (χ1) is 9.20. The minimum atomic E-state index is 0.616. The molecule has 104 valence electrons. The van der Waals surface area contributed by atoms with Crippen molar-refractivity contribution in [3.05, 3.63) is 35.2 Å². The molecule has 2 heteroatoms. The van der Waals surface area contributed by atoms with Gasteiger partial charge in [-0.15, -0.1) is 11.3 Å². The highest BCUT2D eigenvalue weighted by atomic mass is 32.1. The first-order valence-corrected chi connectivity index (χ1v) is 8.27. The summed E-state index contributed by atoms with van der Waals surface area (Å²) in [7, 11) is 0. The lowest BCUT2D eigenvalue weighted by Crippen LogP contribution is -2.31. The molecule has 1 N–H and O–H groups in total. The minimum Gasteiger partial charge on any atom is -0.314 e. The van der Waals surface area contributed by atoms with Gasteiger partial charge in [-0.25, -0.2) is 0 Å². The molecule has 0 aliphatic heterocycles. The Kier molecular flexibility index (Phi) is 5.41. The maximum Gasteiger partial charge on any atom is 0.0345 e. The summed E-state index contributed by atoms with van der Waals surface area (Å²) in [6.07, 6.45) is 3.74. The molecule has 0 saturated heterocycles. The zero-order valence-electron chi connectivity index (χ0n) is 12.3. The predicted octanol–water partition coefficient (Wildman–Crippen LogP) is 4.86. The second kappa shape index (κ2) is 7.06. The average Bonchev–Trinajstić information content (AvgIpc) is 2.80. The third-order valence-corrected chi connectivity index (χ3v) is 4.63. The second-order valence-electron chi connectivity index (χ2n) is 5.69. The minimum absolute atomic E-state index is 0.616. The molecule has 0 aliphatic carbocycles. The van der Waals surface area contributed by atoms with Crippen molar-refractivity contribution in [2.45, 2.75) is 46.1 Å². The van der Waals surface area contributed by atoms with Crippen LogP contribution in [0.4, 0.5) is 0 Å². The van der Waals surface area contributed by atoms with Crippen LogP contribution in [0.3, 0.4) is 0 Å². The summed E-state index contributed by atoms with van der Waals surface area (Å²) >= 11 is 1.87. The zero-order chi connectivity index (χ0) is 13.7. The molecule has 0 fully saturated rings. The van der Waals surface area contributed by atoms with E-state index < -0.39 is 0 Å². The summed E-state index contributed by atoms with van der Waals surface area (Å²) in [6, 6.07) is 9.37. The molecule has 1 aromatic heterocycles. The van der Waals surface area contributed by atoms with E-state index in [0.29, 0.717) is 6.04 Å². The molecule has 0 amide bonds. The molecule has 1 heterocycles. The van der Waals surface area contributed by atoms with Crippen molar-refractivity contribution in [1.29, 1.82) is 0 Å². The third kappa shape index (κ3) is 4.05. The van der Waals surface area contributed by atoms with E-state index in [2.05, 4.69) is 55.7 Å². The first kappa shape index (κ1) is 14.5. The number of likely N-dealkylation sites (N-methyl/N-ethyl adjacent to an activating group) is 1. The molecular weight excluding hydrogens is 250 g/mol. The van der Waals surface area contributed by atoms with Crippen molar-refractivity contribution in [2.24, 2.45) is 5.92 Å². The molecule has 1 nitrogen and oxygen atoms in total. The highest BCUT2D eigenvalue weighted by Gasteiger charge is 2.12. The molecule has 2 aromatic rings. The summed E-state index contributed by atoms with van der Waals surface area (Å²) in [6.45, 7) is 7.88. The fraction of sp³-hybridized carbons (Fsp3) is 0.529. The summed E-state index contributed by atoms with van der Waals surface area (Å²) in [5.41, 5.74) is 1.51. The number of hydrogen-bond acceptors (Lipinski definition) is 2. The molecule has 1 atom stereocenters. The van der Waals surface area contributed by atoms with Gasteiger partial charge in [-0.2, -0.15) is 0 Å². The topological polar surface area (TPSA) is 12.0 Å². The van der Waals surface area contributed by atoms with E-state index in [1.807, 2.05) is 11.3 Å². The molecule has 1 aromatic carbocycles. The Morgan fingerprint density at radius 2 is 1.95 bits per heavy atom. The lowest BCUT2D eigenvalue weighted by atomic mass is 9.97. The number of nitrogens with one attached hydrogen (secondary N) is 1. The largest absolute Gasteiger partial charge is 0.314 e. The van der Waals surface area contributed by atoms with Gasteiger partial charge in [0.05, 0.1) is 0 Å². The van der Waals surface area contributed by atoms with Crippen molar-refractivity contribution in [3.8, 4) is 0 Å². The molecule has 0 bridgehead atoms. The first-order valence-electron chi connectivity index (χ1n) is 7.39. The van der Waals surface area contributed by atoms with Crippen LogP contribution < -0.4 is 5.32 Å². The van der Waals surface area contributed by atoms with E-state index in [9.17, 15) is 0 Å². The second-order valence-corrected chi connectivity index (χ2v) is 6.60. The van der Waals surface area contributed by atoms with Crippen LogP contribution in [0.25, 0.3) is 10.1 Å². The molecular formula is C17H25NS. The number of rotatable bonds is 7. The standard InChI is InChI=1S/C17H25NS/c1-4-18-15(10-9-13(2)3)11-14-12-19-17-8-6-5-7-16(14)17/h5-8,12-13,15,18H,4,9-11H2,1-3H3. The fourth-order valence-corrected chi connectivity index (χ4v) is 3.53. The van der Waals surface area contributed by atoms with E-state index >= 15 is 0 Å². The van der Waals surface area contributed by atoms with Crippen molar-refractivity contribution < 1.29 is 0 Å². The molecule has 0 spiro atoms. The van der Waals surface area contributed by atoms with E-state index in [4.69, 9.17) is 0 Å². The van der Waals surface area contributed by atoms with E-state index in [1.54, 1.807) is 0 Å². The monoisotopic (exact) mass is 275 g/mol. The van der Waals surface area contributed by atoms with Crippen molar-refractivity contribution >= 4 is 21.4 Å². The molecule has 2 rings (SSSR count). The van der Waals surface area contributed by atoms with Crippen LogP contribution in [0.1, 0.15) is 39.2 Å². The van der Waals surface area contributed by atoms with Gasteiger partial charge >= 0.3 is 0 Å². The van der Waals surface area contributed by atoms with Crippen molar-refractivity contribution in [2.75, 3.05) is 6.54 Å². The van der Waals surface area contributed by atoms with E-state index in [-0.39, 0.29) is 0 Å². The van der Waals surface area contributed by atoms with Gasteiger partial charge in [-0.05, 0) is 54.1 Å². The summed E-state index contributed by atoms with van der Waals surface area (Å²) in [5.74, 6) is 0.792. The third-order valence-electron chi connectivity index (χ3n) is 3.61. The SMILES string of the molecule is CCNC(CCC(C)C)Cc1csc2ccccc12. The van der Waals surface area contributed by atoms with E-state index in [0.717, 1.165) is 18.9 Å². The zero-order valence-corrected chi connectivity index (χ0v) is 13.1. The molecule has 0 radical (unpaired) electrons. The van der Waals surface area contributed by atoms with Gasteiger partial charge in [-0.3, -0.25) is 0 Å². The molecule has 19 heavy (non-hydrogen) atoms. The number of fused-ring (bicyclic) bond motifs is 1. The van der Waals surface area contributed by atoms with Gasteiger partial charge < -0.3 is 5.32 Å². The van der Waals surface area contributed by atoms with Gasteiger partial charge in [0.2, 0.25) is 0 Å². The number of benzene rings is 1. The lowest BCUT2D eigenvalue weighted by Gasteiger charge is -2.18. The Bertz CT molecular complexity index is 501. The van der Waals surface area contributed by atoms with Crippen molar-refractivity contribution in [3.63, 3.8) is 0 Å². The molecule has 0 saturated carbocycles. The van der Waals surface area contributed by atoms with Crippen LogP contribution in [-0.4, -0.2) is 12.6 Å². The lowest BCUT2D eigenvalue weighted by molar-refractivity contribution is 0.435. The Balaban J connectivity index is 2.07. The predicted molar refractivity (Wildman–Crippen MR) is 87.1 cm³/mol. The number of hydrogen-bond donors (Lipinski definition) is 1.